The van der Waals surface area contributed by atoms with Crippen LogP contribution in [0.15, 0.2) is 42.5 Å². The number of benzene rings is 2. The zero-order valence-corrected chi connectivity index (χ0v) is 28.9. The molecule has 17 nitrogen and oxygen atoms in total. The molecule has 0 amide bonds. The molecule has 2 aromatic carbocycles. The van der Waals surface area contributed by atoms with E-state index in [4.69, 9.17) is 33.2 Å². The van der Waals surface area contributed by atoms with Gasteiger partial charge in [0.05, 0.1) is 32.5 Å². The molecule has 3 fully saturated rings. The summed E-state index contributed by atoms with van der Waals surface area (Å²) in [6, 6.07) is 12.6. The lowest BCUT2D eigenvalue weighted by atomic mass is 9.98. The van der Waals surface area contributed by atoms with Crippen molar-refractivity contribution in [2.24, 2.45) is 0 Å². The summed E-state index contributed by atoms with van der Waals surface area (Å²) < 4.78 is 40.6. The van der Waals surface area contributed by atoms with E-state index in [1.54, 1.807) is 24.3 Å². The van der Waals surface area contributed by atoms with Crippen molar-refractivity contribution in [1.29, 1.82) is 0 Å². The molecule has 17 heteroatoms. The van der Waals surface area contributed by atoms with E-state index in [9.17, 15) is 51.1 Å². The fraction of sp³-hybridized carbons (Fsp3) is 0.667. The molecule has 53 heavy (non-hydrogen) atoms. The van der Waals surface area contributed by atoms with Gasteiger partial charge in [0.2, 0.25) is 6.29 Å². The Morgan fingerprint density at radius 2 is 1.38 bits per heavy atom. The molecule has 7 rings (SSSR count). The summed E-state index contributed by atoms with van der Waals surface area (Å²) in [6.45, 7) is -2.11. The predicted molar refractivity (Wildman–Crippen MR) is 179 cm³/mol. The maximum absolute atomic E-state index is 10.8. The maximum atomic E-state index is 10.8. The molecule has 10 N–H and O–H groups in total. The van der Waals surface area contributed by atoms with Crippen LogP contribution in [0, 0.1) is 0 Å². The standard InChI is InChI=1S/C36H50O17/c37-14-24-26(39)28(41)31(44)34(52-24)51-22-12-8-19-3-1-2-4-20(9-5-18-6-10-21(11-7-18)49-23(22)13-19)50-33-30(43)29(42)27(40)25(53-33)15-47-35-32(45)36(46,16-38)17-48-35/h6-8,10-13,20,24-35,37-46H,1-5,9,14-17H2. The summed E-state index contributed by atoms with van der Waals surface area (Å²) in [6.07, 6.45) is -14.1. The van der Waals surface area contributed by atoms with Gasteiger partial charge in [0.1, 0.15) is 66.3 Å². The van der Waals surface area contributed by atoms with Crippen molar-refractivity contribution in [2.75, 3.05) is 26.4 Å². The molecule has 2 aromatic rings. The third-order valence-corrected chi connectivity index (χ3v) is 10.2. The molecule has 3 saturated heterocycles. The van der Waals surface area contributed by atoms with E-state index in [-0.39, 0.29) is 19.0 Å². The Morgan fingerprint density at radius 3 is 2.08 bits per heavy atom. The van der Waals surface area contributed by atoms with Gasteiger partial charge in [-0.3, -0.25) is 0 Å². The van der Waals surface area contributed by atoms with E-state index in [0.29, 0.717) is 43.6 Å². The van der Waals surface area contributed by atoms with Crippen molar-refractivity contribution in [3.63, 3.8) is 0 Å². The molecule has 4 bridgehead atoms. The van der Waals surface area contributed by atoms with Gasteiger partial charge in [0.15, 0.2) is 24.1 Å². The Labute approximate surface area is 305 Å². The van der Waals surface area contributed by atoms with Gasteiger partial charge in [-0.05, 0) is 67.5 Å². The van der Waals surface area contributed by atoms with Crippen molar-refractivity contribution in [3.8, 4) is 17.2 Å². The molecule has 5 aliphatic heterocycles. The minimum absolute atomic E-state index is 0.209. The first-order valence-electron chi connectivity index (χ1n) is 17.9. The van der Waals surface area contributed by atoms with Crippen LogP contribution in [0.4, 0.5) is 0 Å². The van der Waals surface area contributed by atoms with Crippen LogP contribution < -0.4 is 9.47 Å². The average Bonchev–Trinajstić information content (AvgIpc) is 3.45. The van der Waals surface area contributed by atoms with Gasteiger partial charge in [-0.1, -0.05) is 24.6 Å². The quantitative estimate of drug-likeness (QED) is 0.132. The van der Waals surface area contributed by atoms with Gasteiger partial charge < -0.3 is 84.2 Å². The maximum Gasteiger partial charge on any atom is 0.229 e. The normalized spacial score (nSPS) is 39.5. The summed E-state index contributed by atoms with van der Waals surface area (Å²) in [5.41, 5.74) is -0.0459. The lowest BCUT2D eigenvalue weighted by Gasteiger charge is -2.41. The lowest BCUT2D eigenvalue weighted by molar-refractivity contribution is -0.319. The Kier molecular flexibility index (Phi) is 13.2. The molecule has 5 aliphatic rings. The number of aliphatic hydroxyl groups is 10. The molecule has 0 spiro atoms. The predicted octanol–water partition coefficient (Wildman–Crippen LogP) is -2.03. The van der Waals surface area contributed by atoms with Crippen LogP contribution in [-0.4, -0.2) is 163 Å². The third-order valence-electron chi connectivity index (χ3n) is 10.2. The summed E-state index contributed by atoms with van der Waals surface area (Å²) in [5, 5.41) is 103. The molecule has 296 valence electrons. The minimum atomic E-state index is -1.91. The second-order valence-corrected chi connectivity index (χ2v) is 14.1. The molecule has 0 radical (unpaired) electrons. The fourth-order valence-electron chi connectivity index (χ4n) is 6.82. The second kappa shape index (κ2) is 17.5. The Hall–Kier alpha value is -2.56. The highest BCUT2D eigenvalue weighted by Gasteiger charge is 2.50. The number of aliphatic hydroxyl groups excluding tert-OH is 9. The van der Waals surface area contributed by atoms with E-state index in [1.165, 1.54) is 0 Å². The van der Waals surface area contributed by atoms with Crippen LogP contribution in [0.25, 0.3) is 0 Å². The van der Waals surface area contributed by atoms with Crippen LogP contribution >= 0.6 is 0 Å². The SMILES string of the molecule is OCC1OC(Oc2ccc3cc2Oc2ccc(cc2)CCC(OC2OC(COC4OCC(O)(CO)C4O)C(O)C(O)C2O)CCCC3)C(O)C(O)C1O. The van der Waals surface area contributed by atoms with Crippen LogP contribution in [-0.2, 0) is 36.5 Å². The van der Waals surface area contributed by atoms with Crippen LogP contribution in [0.1, 0.15) is 36.8 Å². The Bertz CT molecular complexity index is 1460. The monoisotopic (exact) mass is 754 g/mol. The van der Waals surface area contributed by atoms with E-state index < -0.39 is 98.7 Å². The highest BCUT2D eigenvalue weighted by atomic mass is 16.7. The Balaban J connectivity index is 1.11. The highest BCUT2D eigenvalue weighted by molar-refractivity contribution is 5.46. The topological polar surface area (TPSA) is 267 Å². The molecule has 0 aromatic heterocycles. The van der Waals surface area contributed by atoms with Gasteiger partial charge >= 0.3 is 0 Å². The first-order chi connectivity index (χ1) is 25.4. The van der Waals surface area contributed by atoms with Crippen molar-refractivity contribution < 1.29 is 84.2 Å². The number of ether oxygens (including phenoxy) is 7. The number of fused-ring (bicyclic) bond motifs is 8. The molecular formula is C36H50O17. The van der Waals surface area contributed by atoms with E-state index in [2.05, 4.69) is 0 Å². The minimum Gasteiger partial charge on any atom is -0.458 e. The van der Waals surface area contributed by atoms with Crippen LogP contribution in [0.2, 0.25) is 0 Å². The average molecular weight is 755 g/mol. The Morgan fingerprint density at radius 1 is 0.698 bits per heavy atom. The zero-order valence-electron chi connectivity index (χ0n) is 28.9. The van der Waals surface area contributed by atoms with Gasteiger partial charge in [0, 0.05) is 0 Å². The number of rotatable bonds is 9. The van der Waals surface area contributed by atoms with Crippen LogP contribution in [0.5, 0.6) is 17.2 Å². The molecule has 14 atom stereocenters. The van der Waals surface area contributed by atoms with Gasteiger partial charge in [-0.2, -0.15) is 0 Å². The molecule has 14 unspecified atom stereocenters. The number of hydrogen-bond donors (Lipinski definition) is 10. The molecule has 0 saturated carbocycles. The highest BCUT2D eigenvalue weighted by Crippen LogP contribution is 2.36. The zero-order chi connectivity index (χ0) is 37.9. The third kappa shape index (κ3) is 9.12. The number of hydrogen-bond acceptors (Lipinski definition) is 17. The van der Waals surface area contributed by atoms with E-state index >= 15 is 0 Å². The van der Waals surface area contributed by atoms with Crippen molar-refractivity contribution in [3.05, 3.63) is 53.6 Å². The first-order valence-corrected chi connectivity index (χ1v) is 17.9. The fourth-order valence-corrected chi connectivity index (χ4v) is 6.82. The van der Waals surface area contributed by atoms with Gasteiger partial charge in [-0.15, -0.1) is 0 Å². The summed E-state index contributed by atoms with van der Waals surface area (Å²) >= 11 is 0. The summed E-state index contributed by atoms with van der Waals surface area (Å²) in [7, 11) is 0. The first kappa shape index (κ1) is 40.1. The molecule has 0 aliphatic carbocycles. The second-order valence-electron chi connectivity index (χ2n) is 14.1. The molecule has 5 heterocycles. The van der Waals surface area contributed by atoms with Crippen LogP contribution in [0.3, 0.4) is 0 Å². The van der Waals surface area contributed by atoms with Gasteiger partial charge in [-0.25, -0.2) is 0 Å². The summed E-state index contributed by atoms with van der Waals surface area (Å²) in [4.78, 5) is 0. The van der Waals surface area contributed by atoms with E-state index in [1.807, 2.05) is 18.2 Å². The van der Waals surface area contributed by atoms with E-state index in [0.717, 1.165) is 17.5 Å². The van der Waals surface area contributed by atoms with Crippen molar-refractivity contribution in [2.45, 2.75) is 124 Å². The largest absolute Gasteiger partial charge is 0.458 e. The van der Waals surface area contributed by atoms with Crippen molar-refractivity contribution in [1.82, 2.24) is 0 Å². The van der Waals surface area contributed by atoms with Gasteiger partial charge in [0.25, 0.3) is 0 Å². The molecular weight excluding hydrogens is 704 g/mol. The smallest absolute Gasteiger partial charge is 0.229 e. The van der Waals surface area contributed by atoms with Crippen molar-refractivity contribution >= 4 is 0 Å². The summed E-state index contributed by atoms with van der Waals surface area (Å²) in [5.74, 6) is 1.02. The lowest BCUT2D eigenvalue weighted by Crippen LogP contribution is -2.60. The number of aryl methyl sites for hydroxylation is 2.